The second-order valence-corrected chi connectivity index (χ2v) is 9.09. The highest BCUT2D eigenvalue weighted by Crippen LogP contribution is 2.32. The van der Waals surface area contributed by atoms with Crippen LogP contribution in [-0.4, -0.2) is 27.7 Å². The van der Waals surface area contributed by atoms with Crippen molar-refractivity contribution in [3.05, 3.63) is 86.3 Å². The van der Waals surface area contributed by atoms with E-state index in [0.29, 0.717) is 30.0 Å². The molecule has 0 atom stereocenters. The Morgan fingerprint density at radius 2 is 1.91 bits per heavy atom. The molecule has 178 valence electrons. The number of pyridine rings is 1. The summed E-state index contributed by atoms with van der Waals surface area (Å²) in [5.74, 6) is -1.75. The molecule has 6 nitrogen and oxygen atoms in total. The lowest BCUT2D eigenvalue weighted by Crippen LogP contribution is -2.44. The standard InChI is InChI=1S/C25H23ClF2N2O4/c1-14-10-21(34-13-16-4-5-17(27)12-19(16)28)22(26)23(31)30(14)18-6-7-20-15(11-18)8-9-29(20)24(32)25(2,3)33/h4-7,10-12,33H,8-9,13H2,1-3H3. The molecule has 0 saturated heterocycles. The van der Waals surface area contributed by atoms with Crippen LogP contribution >= 0.6 is 11.6 Å². The summed E-state index contributed by atoms with van der Waals surface area (Å²) in [5.41, 5.74) is 0.775. The van der Waals surface area contributed by atoms with Crippen molar-refractivity contribution in [1.29, 1.82) is 0 Å². The van der Waals surface area contributed by atoms with E-state index in [1.165, 1.54) is 29.4 Å². The van der Waals surface area contributed by atoms with Crippen molar-refractivity contribution >= 4 is 23.2 Å². The van der Waals surface area contributed by atoms with Gasteiger partial charge in [0.15, 0.2) is 0 Å². The molecule has 34 heavy (non-hydrogen) atoms. The predicted octanol–water partition coefficient (Wildman–Crippen LogP) is 4.32. The molecule has 0 aliphatic carbocycles. The topological polar surface area (TPSA) is 71.8 Å². The van der Waals surface area contributed by atoms with Gasteiger partial charge in [-0.15, -0.1) is 0 Å². The van der Waals surface area contributed by atoms with Crippen LogP contribution in [0.15, 0.2) is 47.3 Å². The van der Waals surface area contributed by atoms with Crippen LogP contribution in [0, 0.1) is 18.6 Å². The average Bonchev–Trinajstić information content (AvgIpc) is 3.18. The third-order valence-electron chi connectivity index (χ3n) is 5.68. The number of aryl methyl sites for hydroxylation is 1. The third kappa shape index (κ3) is 4.43. The number of rotatable bonds is 5. The number of aliphatic hydroxyl groups is 1. The van der Waals surface area contributed by atoms with E-state index in [-0.39, 0.29) is 22.9 Å². The molecule has 1 amide bonds. The maximum atomic E-state index is 13.9. The summed E-state index contributed by atoms with van der Waals surface area (Å²) in [6.07, 6.45) is 0.580. The summed E-state index contributed by atoms with van der Waals surface area (Å²) in [4.78, 5) is 27.1. The highest BCUT2D eigenvalue weighted by Gasteiger charge is 2.34. The molecule has 1 aromatic heterocycles. The monoisotopic (exact) mass is 488 g/mol. The molecule has 0 spiro atoms. The van der Waals surface area contributed by atoms with E-state index in [4.69, 9.17) is 16.3 Å². The molecular weight excluding hydrogens is 466 g/mol. The zero-order valence-corrected chi connectivity index (χ0v) is 19.6. The molecule has 2 aromatic carbocycles. The number of amides is 1. The highest BCUT2D eigenvalue weighted by atomic mass is 35.5. The van der Waals surface area contributed by atoms with Crippen LogP contribution < -0.4 is 15.2 Å². The van der Waals surface area contributed by atoms with Gasteiger partial charge >= 0.3 is 0 Å². The molecule has 3 aromatic rings. The SMILES string of the molecule is Cc1cc(OCc2ccc(F)cc2F)c(Cl)c(=O)n1-c1ccc2c(c1)CCN2C(=O)C(C)(C)O. The van der Waals surface area contributed by atoms with Crippen molar-refractivity contribution in [1.82, 2.24) is 4.57 Å². The molecule has 0 radical (unpaired) electrons. The Bertz CT molecular complexity index is 1350. The van der Waals surface area contributed by atoms with Gasteiger partial charge in [0.25, 0.3) is 11.5 Å². The van der Waals surface area contributed by atoms with Crippen molar-refractivity contribution in [3.8, 4) is 11.4 Å². The van der Waals surface area contributed by atoms with Crippen LogP contribution in [0.1, 0.15) is 30.7 Å². The molecular formula is C25H23ClF2N2O4. The zero-order chi connectivity index (χ0) is 24.8. The van der Waals surface area contributed by atoms with Crippen LogP contribution in [-0.2, 0) is 17.8 Å². The molecule has 0 fully saturated rings. The summed E-state index contributed by atoms with van der Waals surface area (Å²) < 4.78 is 34.0. The summed E-state index contributed by atoms with van der Waals surface area (Å²) in [6.45, 7) is 4.81. The van der Waals surface area contributed by atoms with Crippen molar-refractivity contribution in [2.24, 2.45) is 0 Å². The Morgan fingerprint density at radius 1 is 1.18 bits per heavy atom. The van der Waals surface area contributed by atoms with E-state index in [9.17, 15) is 23.5 Å². The van der Waals surface area contributed by atoms with Crippen molar-refractivity contribution in [3.63, 3.8) is 0 Å². The number of aromatic nitrogens is 1. The fraction of sp³-hybridized carbons (Fsp3) is 0.280. The van der Waals surface area contributed by atoms with Crippen molar-refractivity contribution in [2.75, 3.05) is 11.4 Å². The molecule has 1 aliphatic rings. The summed E-state index contributed by atoms with van der Waals surface area (Å²) >= 11 is 6.29. The first kappa shape index (κ1) is 23.9. The van der Waals surface area contributed by atoms with Gasteiger partial charge in [-0.2, -0.15) is 0 Å². The first-order valence-electron chi connectivity index (χ1n) is 10.6. The van der Waals surface area contributed by atoms with Crippen molar-refractivity contribution in [2.45, 2.75) is 39.4 Å². The Hall–Kier alpha value is -3.23. The van der Waals surface area contributed by atoms with Gasteiger partial charge in [-0.25, -0.2) is 8.78 Å². The number of halogens is 3. The Kier molecular flexibility index (Phi) is 6.22. The van der Waals surface area contributed by atoms with Gasteiger partial charge in [-0.1, -0.05) is 11.6 Å². The number of ether oxygens (including phenoxy) is 1. The van der Waals surface area contributed by atoms with Crippen LogP contribution in [0.25, 0.3) is 5.69 Å². The second-order valence-electron chi connectivity index (χ2n) is 8.71. The van der Waals surface area contributed by atoms with Crippen molar-refractivity contribution < 1.29 is 23.4 Å². The number of hydrogen-bond donors (Lipinski definition) is 1. The molecule has 0 saturated carbocycles. The number of anilines is 1. The van der Waals surface area contributed by atoms with Gasteiger partial charge in [-0.3, -0.25) is 14.2 Å². The fourth-order valence-electron chi connectivity index (χ4n) is 3.97. The highest BCUT2D eigenvalue weighted by molar-refractivity contribution is 6.31. The van der Waals surface area contributed by atoms with Crippen LogP contribution in [0.4, 0.5) is 14.5 Å². The van der Waals surface area contributed by atoms with Gasteiger partial charge in [0, 0.05) is 41.3 Å². The lowest BCUT2D eigenvalue weighted by molar-refractivity contribution is -0.133. The van der Waals surface area contributed by atoms with Crippen LogP contribution in [0.3, 0.4) is 0 Å². The first-order chi connectivity index (χ1) is 16.0. The van der Waals surface area contributed by atoms with Gasteiger partial charge in [0.1, 0.15) is 34.6 Å². The Labute approximate surface area is 200 Å². The first-order valence-corrected chi connectivity index (χ1v) is 11.0. The molecule has 4 rings (SSSR count). The lowest BCUT2D eigenvalue weighted by Gasteiger charge is -2.25. The van der Waals surface area contributed by atoms with Gasteiger partial charge < -0.3 is 14.7 Å². The Morgan fingerprint density at radius 3 is 2.59 bits per heavy atom. The minimum Gasteiger partial charge on any atom is -0.487 e. The lowest BCUT2D eigenvalue weighted by atomic mass is 10.1. The summed E-state index contributed by atoms with van der Waals surface area (Å²) in [7, 11) is 0. The Balaban J connectivity index is 1.63. The van der Waals surface area contributed by atoms with E-state index in [1.54, 1.807) is 25.1 Å². The quantitative estimate of drug-likeness (QED) is 0.580. The molecule has 1 N–H and O–H groups in total. The number of carbonyl (C=O) groups is 1. The van der Waals surface area contributed by atoms with Gasteiger partial charge in [0.05, 0.1) is 0 Å². The second kappa shape index (κ2) is 8.85. The zero-order valence-electron chi connectivity index (χ0n) is 18.9. The minimum absolute atomic E-state index is 0.0900. The van der Waals surface area contributed by atoms with E-state index >= 15 is 0 Å². The van der Waals surface area contributed by atoms with E-state index in [0.717, 1.165) is 17.7 Å². The smallest absolute Gasteiger partial charge is 0.277 e. The van der Waals surface area contributed by atoms with E-state index in [1.807, 2.05) is 6.07 Å². The molecule has 0 unspecified atom stereocenters. The van der Waals surface area contributed by atoms with E-state index < -0.39 is 28.7 Å². The number of nitrogens with zero attached hydrogens (tertiary/aromatic N) is 2. The van der Waals surface area contributed by atoms with Crippen LogP contribution in [0.2, 0.25) is 5.02 Å². The predicted molar refractivity (Wildman–Crippen MR) is 125 cm³/mol. The molecule has 0 bridgehead atoms. The maximum Gasteiger partial charge on any atom is 0.277 e. The van der Waals surface area contributed by atoms with Crippen LogP contribution in [0.5, 0.6) is 5.75 Å². The maximum absolute atomic E-state index is 13.9. The fourth-order valence-corrected chi connectivity index (χ4v) is 4.16. The van der Waals surface area contributed by atoms with Gasteiger partial charge in [0.2, 0.25) is 0 Å². The largest absolute Gasteiger partial charge is 0.487 e. The normalized spacial score (nSPS) is 13.2. The van der Waals surface area contributed by atoms with Gasteiger partial charge in [-0.05, 0) is 63.1 Å². The number of carbonyl (C=O) groups excluding carboxylic acids is 1. The number of benzene rings is 2. The molecule has 1 aliphatic heterocycles. The third-order valence-corrected chi connectivity index (χ3v) is 6.03. The summed E-state index contributed by atoms with van der Waals surface area (Å²) in [6, 6.07) is 9.97. The molecule has 9 heteroatoms. The number of fused-ring (bicyclic) bond motifs is 1. The molecule has 2 heterocycles. The number of hydrogen-bond acceptors (Lipinski definition) is 4. The average molecular weight is 489 g/mol. The van der Waals surface area contributed by atoms with E-state index in [2.05, 4.69) is 0 Å². The summed E-state index contributed by atoms with van der Waals surface area (Å²) in [5, 5.41) is 9.90. The minimum atomic E-state index is -1.49.